The van der Waals surface area contributed by atoms with Crippen molar-refractivity contribution in [2.45, 2.75) is 33.6 Å². The normalized spacial score (nSPS) is 10.8. The number of benzene rings is 1. The lowest BCUT2D eigenvalue weighted by Crippen LogP contribution is -2.24. The highest BCUT2D eigenvalue weighted by Crippen LogP contribution is 2.31. The number of hydrogen-bond donors (Lipinski definition) is 0. The Morgan fingerprint density at radius 2 is 1.80 bits per heavy atom. The van der Waals surface area contributed by atoms with Crippen LogP contribution in [-0.2, 0) is 0 Å². The second kappa shape index (κ2) is 6.60. The summed E-state index contributed by atoms with van der Waals surface area (Å²) in [5.41, 5.74) is 1.89. The van der Waals surface area contributed by atoms with E-state index in [1.165, 1.54) is 12.1 Å². The van der Waals surface area contributed by atoms with Crippen LogP contribution in [-0.4, -0.2) is 13.1 Å². The van der Waals surface area contributed by atoms with Gasteiger partial charge in [0.15, 0.2) is 5.88 Å². The molecule has 0 N–H and O–H groups in total. The molecule has 0 aliphatic carbocycles. The molecule has 0 aliphatic rings. The monoisotopic (exact) mass is 275 g/mol. The highest BCUT2D eigenvalue weighted by molar-refractivity contribution is 5.62. The molecule has 0 aliphatic heterocycles. The van der Waals surface area contributed by atoms with Crippen molar-refractivity contribution in [3.8, 4) is 11.3 Å². The number of hydrogen-bond acceptors (Lipinski definition) is 2. The Bertz CT molecular complexity index is 556. The van der Waals surface area contributed by atoms with E-state index in [1.807, 2.05) is 19.1 Å². The van der Waals surface area contributed by atoms with Crippen molar-refractivity contribution in [2.75, 3.05) is 18.0 Å². The Labute approximate surface area is 120 Å². The number of rotatable bonds is 6. The number of aryl methyl sites for hydroxylation is 1. The van der Waals surface area contributed by atoms with Gasteiger partial charge in [-0.15, -0.1) is 0 Å². The molecule has 2 rings (SSSR count). The van der Waals surface area contributed by atoms with Crippen molar-refractivity contribution >= 4 is 5.88 Å². The molecule has 20 heavy (non-hydrogen) atoms. The highest BCUT2D eigenvalue weighted by Gasteiger charge is 2.15. The van der Waals surface area contributed by atoms with E-state index >= 15 is 0 Å². The molecule has 0 saturated heterocycles. The van der Waals surface area contributed by atoms with Gasteiger partial charge in [0.05, 0.1) is 0 Å². The third kappa shape index (κ3) is 3.21. The first-order chi connectivity index (χ1) is 9.65. The summed E-state index contributed by atoms with van der Waals surface area (Å²) in [5.74, 6) is 1.40. The number of anilines is 1. The van der Waals surface area contributed by atoms with Crippen LogP contribution < -0.4 is 4.90 Å². The molecular weight excluding hydrogens is 253 g/mol. The van der Waals surface area contributed by atoms with E-state index < -0.39 is 0 Å². The fourth-order valence-electron chi connectivity index (χ4n) is 2.43. The molecule has 0 spiro atoms. The second-order valence-corrected chi connectivity index (χ2v) is 5.10. The Morgan fingerprint density at radius 1 is 1.10 bits per heavy atom. The molecule has 1 aromatic heterocycles. The van der Waals surface area contributed by atoms with Gasteiger partial charge in [0.1, 0.15) is 11.6 Å². The van der Waals surface area contributed by atoms with Gasteiger partial charge in [-0.25, -0.2) is 4.39 Å². The van der Waals surface area contributed by atoms with E-state index in [1.54, 1.807) is 6.07 Å². The minimum atomic E-state index is -0.239. The molecule has 3 heteroatoms. The van der Waals surface area contributed by atoms with Gasteiger partial charge in [-0.05, 0) is 38.0 Å². The largest absolute Gasteiger partial charge is 0.440 e. The molecule has 0 saturated carbocycles. The molecule has 0 radical (unpaired) electrons. The Balaban J connectivity index is 2.33. The summed E-state index contributed by atoms with van der Waals surface area (Å²) in [6, 6.07) is 8.52. The lowest BCUT2D eigenvalue weighted by atomic mass is 10.1. The average molecular weight is 275 g/mol. The van der Waals surface area contributed by atoms with Crippen LogP contribution in [0, 0.1) is 12.7 Å². The smallest absolute Gasteiger partial charge is 0.199 e. The molecule has 1 aromatic carbocycles. The molecule has 0 fully saturated rings. The first kappa shape index (κ1) is 14.6. The maximum atomic E-state index is 13.3. The fraction of sp³-hybridized carbons (Fsp3) is 0.412. The number of halogens is 1. The lowest BCUT2D eigenvalue weighted by Gasteiger charge is -2.21. The summed E-state index contributed by atoms with van der Waals surface area (Å²) in [6.07, 6.45) is 2.16. The van der Waals surface area contributed by atoms with Crippen LogP contribution in [0.25, 0.3) is 11.3 Å². The molecule has 2 nitrogen and oxygen atoms in total. The van der Waals surface area contributed by atoms with Crippen molar-refractivity contribution in [1.29, 1.82) is 0 Å². The summed E-state index contributed by atoms with van der Waals surface area (Å²) in [7, 11) is 0. The topological polar surface area (TPSA) is 16.4 Å². The molecule has 0 unspecified atom stereocenters. The summed E-state index contributed by atoms with van der Waals surface area (Å²) in [6.45, 7) is 8.32. The van der Waals surface area contributed by atoms with E-state index in [0.29, 0.717) is 0 Å². The standard InChI is InChI=1S/C17H22FNO/c1-4-9-19(10-5-2)17-13(3)11-16(20-17)14-7-6-8-15(18)12-14/h6-8,11-12H,4-5,9-10H2,1-3H3. The van der Waals surface area contributed by atoms with E-state index in [2.05, 4.69) is 18.7 Å². The summed E-state index contributed by atoms with van der Waals surface area (Å²) in [4.78, 5) is 2.26. The van der Waals surface area contributed by atoms with E-state index in [0.717, 1.165) is 48.7 Å². The molecular formula is C17H22FNO. The zero-order valence-electron chi connectivity index (χ0n) is 12.4. The van der Waals surface area contributed by atoms with Crippen LogP contribution in [0.5, 0.6) is 0 Å². The Hall–Kier alpha value is -1.77. The quantitative estimate of drug-likeness (QED) is 0.736. The maximum Gasteiger partial charge on any atom is 0.199 e. The number of nitrogens with zero attached hydrogens (tertiary/aromatic N) is 1. The summed E-state index contributed by atoms with van der Waals surface area (Å²) in [5, 5.41) is 0. The van der Waals surface area contributed by atoms with Crippen molar-refractivity contribution < 1.29 is 8.81 Å². The van der Waals surface area contributed by atoms with Crippen molar-refractivity contribution in [2.24, 2.45) is 0 Å². The van der Waals surface area contributed by atoms with Gasteiger partial charge in [0.2, 0.25) is 0 Å². The van der Waals surface area contributed by atoms with Gasteiger partial charge in [0, 0.05) is 24.2 Å². The second-order valence-electron chi connectivity index (χ2n) is 5.10. The Morgan fingerprint density at radius 3 is 2.40 bits per heavy atom. The van der Waals surface area contributed by atoms with Gasteiger partial charge in [-0.1, -0.05) is 26.0 Å². The summed E-state index contributed by atoms with van der Waals surface area (Å²) >= 11 is 0. The van der Waals surface area contributed by atoms with Gasteiger partial charge < -0.3 is 9.32 Å². The summed E-state index contributed by atoms with van der Waals surface area (Å²) < 4.78 is 19.3. The van der Waals surface area contributed by atoms with E-state index in [9.17, 15) is 4.39 Å². The van der Waals surface area contributed by atoms with Gasteiger partial charge in [0.25, 0.3) is 0 Å². The zero-order valence-corrected chi connectivity index (χ0v) is 12.4. The third-order valence-corrected chi connectivity index (χ3v) is 3.27. The minimum Gasteiger partial charge on any atom is -0.440 e. The van der Waals surface area contributed by atoms with Gasteiger partial charge in [-0.2, -0.15) is 0 Å². The van der Waals surface area contributed by atoms with Crippen LogP contribution in [0.15, 0.2) is 34.7 Å². The van der Waals surface area contributed by atoms with E-state index in [-0.39, 0.29) is 5.82 Å². The van der Waals surface area contributed by atoms with Crippen molar-refractivity contribution in [3.05, 3.63) is 41.7 Å². The van der Waals surface area contributed by atoms with Crippen LogP contribution in [0.2, 0.25) is 0 Å². The molecule has 2 aromatic rings. The molecule has 108 valence electrons. The lowest BCUT2D eigenvalue weighted by molar-refractivity contribution is 0.547. The average Bonchev–Trinajstić information content (AvgIpc) is 2.81. The minimum absolute atomic E-state index is 0.239. The van der Waals surface area contributed by atoms with Gasteiger partial charge >= 0.3 is 0 Å². The predicted octanol–water partition coefficient (Wildman–Crippen LogP) is 5.02. The Kier molecular flexibility index (Phi) is 4.83. The first-order valence-electron chi connectivity index (χ1n) is 7.27. The maximum absolute atomic E-state index is 13.3. The van der Waals surface area contributed by atoms with Crippen LogP contribution in [0.3, 0.4) is 0 Å². The molecule has 0 amide bonds. The van der Waals surface area contributed by atoms with E-state index in [4.69, 9.17) is 4.42 Å². The molecule has 0 atom stereocenters. The molecule has 0 bridgehead atoms. The molecule has 1 heterocycles. The van der Waals surface area contributed by atoms with Crippen LogP contribution in [0.1, 0.15) is 32.3 Å². The van der Waals surface area contributed by atoms with Crippen LogP contribution >= 0.6 is 0 Å². The van der Waals surface area contributed by atoms with Crippen LogP contribution in [0.4, 0.5) is 10.3 Å². The third-order valence-electron chi connectivity index (χ3n) is 3.27. The highest BCUT2D eigenvalue weighted by atomic mass is 19.1. The zero-order chi connectivity index (χ0) is 14.5. The van der Waals surface area contributed by atoms with Gasteiger partial charge in [-0.3, -0.25) is 0 Å². The number of furan rings is 1. The SMILES string of the molecule is CCCN(CCC)c1oc(-c2cccc(F)c2)cc1C. The predicted molar refractivity (Wildman–Crippen MR) is 81.6 cm³/mol. The first-order valence-corrected chi connectivity index (χ1v) is 7.27. The van der Waals surface area contributed by atoms with Crippen molar-refractivity contribution in [1.82, 2.24) is 0 Å². The van der Waals surface area contributed by atoms with Crippen molar-refractivity contribution in [3.63, 3.8) is 0 Å². The fourth-order valence-corrected chi connectivity index (χ4v) is 2.43.